The molecular formula is C7H8N4O2. The van der Waals surface area contributed by atoms with E-state index in [2.05, 4.69) is 10.1 Å². The average molecular weight is 180 g/mol. The second-order valence-electron chi connectivity index (χ2n) is 2.80. The normalized spacial score (nSPS) is 10.8. The van der Waals surface area contributed by atoms with Crippen LogP contribution < -0.4 is 16.7 Å². The first-order valence-corrected chi connectivity index (χ1v) is 3.67. The summed E-state index contributed by atoms with van der Waals surface area (Å²) in [6.45, 7) is 0. The van der Waals surface area contributed by atoms with Crippen molar-refractivity contribution in [1.29, 1.82) is 0 Å². The Labute approximate surface area is 72.0 Å². The van der Waals surface area contributed by atoms with Gasteiger partial charge in [-0.1, -0.05) is 0 Å². The number of nitrogens with one attached hydrogen (secondary N) is 2. The Morgan fingerprint density at radius 3 is 2.85 bits per heavy atom. The van der Waals surface area contributed by atoms with E-state index in [1.54, 1.807) is 7.05 Å². The molecule has 2 aromatic rings. The van der Waals surface area contributed by atoms with Gasteiger partial charge in [0.15, 0.2) is 0 Å². The highest BCUT2D eigenvalue weighted by Gasteiger charge is 2.09. The Bertz CT molecular complexity index is 574. The van der Waals surface area contributed by atoms with Crippen LogP contribution in [0, 0.1) is 0 Å². The monoisotopic (exact) mass is 180 g/mol. The van der Waals surface area contributed by atoms with Crippen LogP contribution in [0.5, 0.6) is 0 Å². The van der Waals surface area contributed by atoms with Crippen LogP contribution in [-0.4, -0.2) is 14.8 Å². The molecule has 2 heterocycles. The molecule has 0 aromatic carbocycles. The van der Waals surface area contributed by atoms with E-state index < -0.39 is 11.0 Å². The molecule has 13 heavy (non-hydrogen) atoms. The zero-order valence-corrected chi connectivity index (χ0v) is 6.92. The summed E-state index contributed by atoms with van der Waals surface area (Å²) in [5.41, 5.74) is 4.99. The molecule has 0 aliphatic heterocycles. The fourth-order valence-electron chi connectivity index (χ4n) is 1.28. The summed E-state index contributed by atoms with van der Waals surface area (Å²) >= 11 is 0. The molecule has 0 bridgehead atoms. The number of nitrogens with two attached hydrogens (primary N) is 1. The maximum absolute atomic E-state index is 11.4. The molecule has 0 fully saturated rings. The van der Waals surface area contributed by atoms with Gasteiger partial charge in [-0.05, 0) is 0 Å². The highest BCUT2D eigenvalue weighted by Crippen LogP contribution is 2.01. The van der Waals surface area contributed by atoms with Crippen LogP contribution in [0.15, 0.2) is 15.8 Å². The van der Waals surface area contributed by atoms with Crippen LogP contribution in [0.3, 0.4) is 0 Å². The van der Waals surface area contributed by atoms with Crippen LogP contribution in [-0.2, 0) is 7.05 Å². The molecule has 0 amide bonds. The molecule has 0 saturated heterocycles. The Morgan fingerprint density at radius 1 is 1.46 bits per heavy atom. The van der Waals surface area contributed by atoms with Crippen molar-refractivity contribution in [2.75, 3.05) is 5.73 Å². The van der Waals surface area contributed by atoms with Crippen molar-refractivity contribution in [3.8, 4) is 0 Å². The topological polar surface area (TPSA) is 96.7 Å². The third kappa shape index (κ3) is 0.883. The number of aromatic amines is 2. The van der Waals surface area contributed by atoms with E-state index in [4.69, 9.17) is 5.73 Å². The number of anilines is 1. The van der Waals surface area contributed by atoms with Gasteiger partial charge in [0.1, 0.15) is 11.0 Å². The van der Waals surface area contributed by atoms with Crippen molar-refractivity contribution in [2.45, 2.75) is 0 Å². The fourth-order valence-corrected chi connectivity index (χ4v) is 1.28. The van der Waals surface area contributed by atoms with Crippen LogP contribution in [0.25, 0.3) is 11.0 Å². The second kappa shape index (κ2) is 2.25. The highest BCUT2D eigenvalue weighted by atomic mass is 16.1. The SMILES string of the molecule is Cn1[nH]c(=O)c2c(=O)c(N)c[nH]c21. The molecule has 4 N–H and O–H groups in total. The van der Waals surface area contributed by atoms with E-state index >= 15 is 0 Å². The smallest absolute Gasteiger partial charge is 0.277 e. The van der Waals surface area contributed by atoms with E-state index in [-0.39, 0.29) is 11.1 Å². The predicted octanol–water partition coefficient (Wildman–Crippen LogP) is -0.863. The number of aromatic nitrogens is 3. The van der Waals surface area contributed by atoms with Crippen LogP contribution in [0.1, 0.15) is 0 Å². The largest absolute Gasteiger partial charge is 0.394 e. The lowest BCUT2D eigenvalue weighted by Gasteiger charge is -1.94. The van der Waals surface area contributed by atoms with Gasteiger partial charge in [-0.15, -0.1) is 0 Å². The third-order valence-electron chi connectivity index (χ3n) is 1.92. The number of hydrogen-bond donors (Lipinski definition) is 3. The van der Waals surface area contributed by atoms with E-state index in [0.717, 1.165) is 0 Å². The van der Waals surface area contributed by atoms with Gasteiger partial charge in [-0.3, -0.25) is 19.4 Å². The average Bonchev–Trinajstić information content (AvgIpc) is 2.35. The zero-order chi connectivity index (χ0) is 9.59. The molecule has 2 aromatic heterocycles. The summed E-state index contributed by atoms with van der Waals surface area (Å²) < 4.78 is 1.44. The summed E-state index contributed by atoms with van der Waals surface area (Å²) in [6, 6.07) is 0. The molecule has 0 spiro atoms. The van der Waals surface area contributed by atoms with Crippen molar-refractivity contribution in [2.24, 2.45) is 7.05 Å². The van der Waals surface area contributed by atoms with E-state index in [1.807, 2.05) is 0 Å². The van der Waals surface area contributed by atoms with Gasteiger partial charge in [-0.2, -0.15) is 0 Å². The predicted molar refractivity (Wildman–Crippen MR) is 48.6 cm³/mol. The first kappa shape index (κ1) is 7.66. The first-order valence-electron chi connectivity index (χ1n) is 3.67. The molecule has 0 atom stereocenters. The van der Waals surface area contributed by atoms with Gasteiger partial charge < -0.3 is 10.7 Å². The maximum Gasteiger partial charge on any atom is 0.277 e. The van der Waals surface area contributed by atoms with Crippen molar-refractivity contribution in [3.05, 3.63) is 26.8 Å². The number of nitrogens with zero attached hydrogens (tertiary/aromatic N) is 1. The number of nitrogen functional groups attached to an aromatic ring is 1. The maximum atomic E-state index is 11.4. The lowest BCUT2D eigenvalue weighted by Crippen LogP contribution is -2.14. The summed E-state index contributed by atoms with van der Waals surface area (Å²) in [6.07, 6.45) is 1.37. The van der Waals surface area contributed by atoms with Gasteiger partial charge in [0.05, 0.1) is 5.69 Å². The van der Waals surface area contributed by atoms with Crippen LogP contribution in [0.2, 0.25) is 0 Å². The third-order valence-corrected chi connectivity index (χ3v) is 1.92. The summed E-state index contributed by atoms with van der Waals surface area (Å²) in [5, 5.41) is 2.53. The number of rotatable bonds is 0. The van der Waals surface area contributed by atoms with Crippen molar-refractivity contribution < 1.29 is 0 Å². The van der Waals surface area contributed by atoms with Gasteiger partial charge in [0.2, 0.25) is 5.43 Å². The number of aryl methyl sites for hydroxylation is 1. The van der Waals surface area contributed by atoms with E-state index in [9.17, 15) is 9.59 Å². The van der Waals surface area contributed by atoms with Crippen molar-refractivity contribution in [1.82, 2.24) is 14.8 Å². The Kier molecular flexibility index (Phi) is 1.33. The number of pyridine rings is 1. The number of H-pyrrole nitrogens is 2. The standard InChI is InChI=1S/C7H8N4O2/c1-11-6-4(7(13)10-11)5(12)3(8)2-9-6/h2H,8H2,1H3,(H,9,12)(H,10,13). The number of fused-ring (bicyclic) bond motifs is 1. The Morgan fingerprint density at radius 2 is 2.15 bits per heavy atom. The van der Waals surface area contributed by atoms with Gasteiger partial charge in [-0.25, -0.2) is 0 Å². The Hall–Kier alpha value is -1.98. The summed E-state index contributed by atoms with van der Waals surface area (Å²) in [7, 11) is 1.63. The zero-order valence-electron chi connectivity index (χ0n) is 6.92. The minimum Gasteiger partial charge on any atom is -0.394 e. The van der Waals surface area contributed by atoms with Crippen LogP contribution >= 0.6 is 0 Å². The van der Waals surface area contributed by atoms with Crippen molar-refractivity contribution >= 4 is 16.7 Å². The summed E-state index contributed by atoms with van der Waals surface area (Å²) in [4.78, 5) is 25.4. The minimum atomic E-state index is -0.435. The van der Waals surface area contributed by atoms with E-state index in [1.165, 1.54) is 10.9 Å². The molecule has 0 saturated carbocycles. The molecule has 2 rings (SSSR count). The Balaban J connectivity index is 3.17. The molecule has 6 heteroatoms. The summed E-state index contributed by atoms with van der Waals surface area (Å²) in [5.74, 6) is 0. The molecular weight excluding hydrogens is 172 g/mol. The lowest BCUT2D eigenvalue weighted by atomic mass is 10.3. The molecule has 68 valence electrons. The highest BCUT2D eigenvalue weighted by molar-refractivity contribution is 5.77. The van der Waals surface area contributed by atoms with Gasteiger partial charge in [0, 0.05) is 13.2 Å². The molecule has 6 nitrogen and oxygen atoms in total. The lowest BCUT2D eigenvalue weighted by molar-refractivity contribution is 0.774. The second-order valence-corrected chi connectivity index (χ2v) is 2.80. The fraction of sp³-hybridized carbons (Fsp3) is 0.143. The molecule has 0 aliphatic carbocycles. The van der Waals surface area contributed by atoms with Gasteiger partial charge in [0.25, 0.3) is 5.56 Å². The molecule has 0 aliphatic rings. The minimum absolute atomic E-state index is 0.0456. The quantitative estimate of drug-likeness (QED) is 0.492. The van der Waals surface area contributed by atoms with Gasteiger partial charge >= 0.3 is 0 Å². The molecule has 0 unspecified atom stereocenters. The van der Waals surface area contributed by atoms with Crippen LogP contribution in [0.4, 0.5) is 5.69 Å². The van der Waals surface area contributed by atoms with Crippen molar-refractivity contribution in [3.63, 3.8) is 0 Å². The van der Waals surface area contributed by atoms with E-state index in [0.29, 0.717) is 5.65 Å². The first-order chi connectivity index (χ1) is 6.11. The number of hydrogen-bond acceptors (Lipinski definition) is 3. The molecule has 0 radical (unpaired) electrons.